The van der Waals surface area contributed by atoms with E-state index in [4.69, 9.17) is 14.2 Å². The largest absolute Gasteiger partial charge is 0.497 e. The molecule has 1 aromatic heterocycles. The molecule has 284 valence electrons. The van der Waals surface area contributed by atoms with E-state index in [1.807, 2.05) is 6.92 Å². The topological polar surface area (TPSA) is 107 Å². The third-order valence-corrected chi connectivity index (χ3v) is 9.96. The summed E-state index contributed by atoms with van der Waals surface area (Å²) in [7, 11) is 1.31. The van der Waals surface area contributed by atoms with E-state index in [1.54, 1.807) is 27.7 Å². The van der Waals surface area contributed by atoms with Gasteiger partial charge in [0.1, 0.15) is 17.9 Å². The number of halogens is 5. The van der Waals surface area contributed by atoms with Gasteiger partial charge in [0.25, 0.3) is 5.92 Å². The number of alkyl carbamates (subject to hydrolysis) is 1. The third-order valence-electron chi connectivity index (χ3n) is 9.96. The molecular weight excluding hydrogens is 677 g/mol. The van der Waals surface area contributed by atoms with Crippen LogP contribution in [0.4, 0.5) is 26.7 Å². The Morgan fingerprint density at radius 3 is 2.45 bits per heavy atom. The minimum Gasteiger partial charge on any atom is -0.497 e. The van der Waals surface area contributed by atoms with Gasteiger partial charge in [-0.2, -0.15) is 13.2 Å². The second-order valence-corrected chi connectivity index (χ2v) is 15.0. The van der Waals surface area contributed by atoms with Crippen molar-refractivity contribution in [3.05, 3.63) is 29.3 Å². The molecule has 0 aliphatic carbocycles. The Bertz CT molecular complexity index is 1580. The first-order valence-corrected chi connectivity index (χ1v) is 17.7. The number of nitrogens with one attached hydrogen (secondary N) is 1. The van der Waals surface area contributed by atoms with Crippen LogP contribution in [-0.4, -0.2) is 66.1 Å². The minimum absolute atomic E-state index is 0.0237. The van der Waals surface area contributed by atoms with Gasteiger partial charge >= 0.3 is 12.3 Å². The quantitative estimate of drug-likeness (QED) is 0.235. The summed E-state index contributed by atoms with van der Waals surface area (Å²) in [6.07, 6.45) is -4.35. The van der Waals surface area contributed by atoms with Crippen LogP contribution in [0.1, 0.15) is 104 Å². The highest BCUT2D eigenvalue weighted by atomic mass is 19.4. The number of aromatic nitrogens is 1. The van der Waals surface area contributed by atoms with E-state index in [0.29, 0.717) is 12.8 Å². The molecule has 0 radical (unpaired) electrons. The van der Waals surface area contributed by atoms with Gasteiger partial charge in [-0.25, -0.2) is 18.6 Å². The van der Waals surface area contributed by atoms with Crippen LogP contribution in [-0.2, 0) is 26.4 Å². The number of nitrogens with zero attached hydrogens (tertiary/aromatic N) is 2. The van der Waals surface area contributed by atoms with Gasteiger partial charge in [0, 0.05) is 23.8 Å². The first-order valence-electron chi connectivity index (χ1n) is 17.7. The van der Waals surface area contributed by atoms with Crippen molar-refractivity contribution in [3.8, 4) is 11.6 Å². The van der Waals surface area contributed by atoms with Crippen LogP contribution in [0.5, 0.6) is 11.6 Å². The third kappa shape index (κ3) is 9.21. The molecule has 3 heterocycles. The molecule has 9 nitrogen and oxygen atoms in total. The van der Waals surface area contributed by atoms with Gasteiger partial charge in [0.15, 0.2) is 5.78 Å². The Hall–Kier alpha value is -3.71. The lowest BCUT2D eigenvalue weighted by molar-refractivity contribution is -0.141. The zero-order valence-electron chi connectivity index (χ0n) is 30.4. The molecule has 1 saturated heterocycles. The molecule has 1 aromatic carbocycles. The monoisotopic (exact) mass is 727 g/mol. The van der Waals surface area contributed by atoms with E-state index < -0.39 is 88.2 Å². The second kappa shape index (κ2) is 15.9. The molecule has 2 aromatic rings. The molecule has 1 N–H and O–H groups in total. The SMILES string of the molecule is CCCCC[C@H]1CCCCC(F)(F)c2c(nc3cc(OC)ccc3c2C(F)(F)F)O[C@H]2CN(C(=O)[C@H](C(C)(C)C)NC(=O)OC1)[C@H](C(C)=O)C2C. The van der Waals surface area contributed by atoms with E-state index in [0.717, 1.165) is 25.3 Å². The van der Waals surface area contributed by atoms with Crippen molar-refractivity contribution < 1.29 is 50.5 Å². The molecule has 2 aliphatic rings. The van der Waals surface area contributed by atoms with E-state index in [-0.39, 0.29) is 43.2 Å². The van der Waals surface area contributed by atoms with Gasteiger partial charge in [-0.1, -0.05) is 60.3 Å². The molecule has 1 unspecified atom stereocenters. The zero-order valence-corrected chi connectivity index (χ0v) is 30.4. The van der Waals surface area contributed by atoms with Crippen LogP contribution in [0.3, 0.4) is 0 Å². The maximum Gasteiger partial charge on any atom is 0.417 e. The molecule has 5 atom stereocenters. The Labute approximate surface area is 296 Å². The average molecular weight is 728 g/mol. The van der Waals surface area contributed by atoms with Crippen molar-refractivity contribution in [2.24, 2.45) is 17.3 Å². The van der Waals surface area contributed by atoms with E-state index in [9.17, 15) is 27.6 Å². The van der Waals surface area contributed by atoms with Crippen LogP contribution in [0.15, 0.2) is 18.2 Å². The van der Waals surface area contributed by atoms with Crippen molar-refractivity contribution in [2.75, 3.05) is 20.3 Å². The molecule has 2 bridgehead atoms. The van der Waals surface area contributed by atoms with Gasteiger partial charge in [-0.05, 0) is 49.7 Å². The van der Waals surface area contributed by atoms with Crippen molar-refractivity contribution >= 4 is 28.7 Å². The number of Topliss-reactive ketones (excluding diaryl/α,β-unsaturated/α-hetero) is 1. The maximum atomic E-state index is 16.4. The number of ketones is 1. The number of hydrogen-bond donors (Lipinski definition) is 1. The molecule has 51 heavy (non-hydrogen) atoms. The van der Waals surface area contributed by atoms with Gasteiger partial charge in [-0.3, -0.25) is 9.59 Å². The first kappa shape index (κ1) is 40.1. The fraction of sp³-hybridized carbons (Fsp3) is 0.676. The van der Waals surface area contributed by atoms with Crippen LogP contribution in [0.2, 0.25) is 0 Å². The number of amides is 2. The van der Waals surface area contributed by atoms with Crippen molar-refractivity contribution in [3.63, 3.8) is 0 Å². The Morgan fingerprint density at radius 1 is 1.14 bits per heavy atom. The number of methoxy groups -OCH3 is 1. The number of rotatable bonds is 6. The summed E-state index contributed by atoms with van der Waals surface area (Å²) in [5.41, 5.74) is -4.08. The number of ether oxygens (including phenoxy) is 3. The summed E-state index contributed by atoms with van der Waals surface area (Å²) < 4.78 is 94.6. The summed E-state index contributed by atoms with van der Waals surface area (Å²) >= 11 is 0. The lowest BCUT2D eigenvalue weighted by Gasteiger charge is -2.35. The number of pyridine rings is 1. The first-order chi connectivity index (χ1) is 23.8. The van der Waals surface area contributed by atoms with Crippen LogP contribution in [0.25, 0.3) is 10.9 Å². The van der Waals surface area contributed by atoms with Gasteiger partial charge < -0.3 is 24.4 Å². The fourth-order valence-corrected chi connectivity index (χ4v) is 7.20. The molecule has 0 saturated carbocycles. The van der Waals surface area contributed by atoms with E-state index in [2.05, 4.69) is 10.3 Å². The summed E-state index contributed by atoms with van der Waals surface area (Å²) in [6.45, 7) is 9.68. The number of fused-ring (bicyclic) bond motifs is 4. The fourth-order valence-electron chi connectivity index (χ4n) is 7.20. The van der Waals surface area contributed by atoms with E-state index >= 15 is 8.78 Å². The molecule has 4 rings (SSSR count). The van der Waals surface area contributed by atoms with Gasteiger partial charge in [0.2, 0.25) is 11.8 Å². The highest BCUT2D eigenvalue weighted by Gasteiger charge is 2.51. The smallest absolute Gasteiger partial charge is 0.417 e. The predicted molar refractivity (Wildman–Crippen MR) is 181 cm³/mol. The Morgan fingerprint density at radius 2 is 1.84 bits per heavy atom. The number of cyclic esters (lactones) is 1. The zero-order chi connectivity index (χ0) is 37.9. The second-order valence-electron chi connectivity index (χ2n) is 15.0. The standard InChI is InChI=1S/C37H50F5N3O6/c1-8-9-10-13-23-14-11-12-17-36(38,39)29-28(37(40,41)42)25-16-15-24(49-7)18-26(25)43-32(29)51-27-19-45(30(21(27)2)22(3)46)33(47)31(35(4,5)6)44-34(48)50-20-23/h15-16,18,21,23,27,30-31H,8-14,17,19-20H2,1-7H3,(H,44,48)/t21?,23-,27-,30-,31+/m0/s1. The summed E-state index contributed by atoms with van der Waals surface area (Å²) in [4.78, 5) is 45.8. The number of unbranched alkanes of at least 4 members (excludes halogenated alkanes) is 2. The highest BCUT2D eigenvalue weighted by Crippen LogP contribution is 2.50. The van der Waals surface area contributed by atoms with Crippen LogP contribution in [0, 0.1) is 17.3 Å². The summed E-state index contributed by atoms with van der Waals surface area (Å²) in [5.74, 6) is -6.92. The van der Waals surface area contributed by atoms with Gasteiger partial charge in [-0.15, -0.1) is 0 Å². The van der Waals surface area contributed by atoms with Gasteiger partial charge in [0.05, 0.1) is 42.9 Å². The summed E-state index contributed by atoms with van der Waals surface area (Å²) in [5, 5.41) is 2.14. The molecule has 2 aliphatic heterocycles. The summed E-state index contributed by atoms with van der Waals surface area (Å²) in [6, 6.07) is 1.22. The van der Waals surface area contributed by atoms with Crippen molar-refractivity contribution in [1.82, 2.24) is 15.2 Å². The number of alkyl halides is 5. The maximum absolute atomic E-state index is 16.4. The lowest BCUT2D eigenvalue weighted by atomic mass is 9.85. The van der Waals surface area contributed by atoms with Crippen molar-refractivity contribution in [2.45, 2.75) is 123 Å². The number of carbonyl (C=O) groups is 3. The number of hydrogen-bond acceptors (Lipinski definition) is 7. The average Bonchev–Trinajstić information content (AvgIpc) is 3.36. The molecular formula is C37H50F5N3O6. The predicted octanol–water partition coefficient (Wildman–Crippen LogP) is 8.45. The number of benzene rings is 1. The minimum atomic E-state index is -5.23. The molecule has 2 amide bonds. The van der Waals surface area contributed by atoms with E-state index in [1.165, 1.54) is 31.1 Å². The molecule has 1 fully saturated rings. The van der Waals surface area contributed by atoms with Crippen molar-refractivity contribution in [1.29, 1.82) is 0 Å². The normalized spacial score (nSPS) is 25.3. The van der Waals surface area contributed by atoms with Crippen LogP contribution < -0.4 is 14.8 Å². The molecule has 0 spiro atoms. The lowest BCUT2D eigenvalue weighted by Crippen LogP contribution is -2.57. The molecule has 14 heteroatoms. The number of carbonyl (C=O) groups excluding carboxylic acids is 3. The Kier molecular flexibility index (Phi) is 12.5. The highest BCUT2D eigenvalue weighted by molar-refractivity contribution is 5.92. The Balaban J connectivity index is 1.90. The van der Waals surface area contributed by atoms with Crippen LogP contribution >= 0.6 is 0 Å².